The summed E-state index contributed by atoms with van der Waals surface area (Å²) >= 11 is 0. The van der Waals surface area contributed by atoms with Gasteiger partial charge in [0.15, 0.2) is 25.5 Å². The third-order valence-electron chi connectivity index (χ3n) is 5.32. The first-order chi connectivity index (χ1) is 10.6. The molecule has 0 saturated carbocycles. The number of fused-ring (bicyclic) bond motifs is 4. The molecule has 0 bridgehead atoms. The summed E-state index contributed by atoms with van der Waals surface area (Å²) in [5.74, 6) is 0.679. The Morgan fingerprint density at radius 3 is 2.82 bits per heavy atom. The quantitative estimate of drug-likeness (QED) is 0.664. The summed E-state index contributed by atoms with van der Waals surface area (Å²) in [5, 5.41) is 0. The van der Waals surface area contributed by atoms with Gasteiger partial charge in [0.2, 0.25) is 0 Å². The van der Waals surface area contributed by atoms with Crippen LogP contribution < -0.4 is 9.36 Å². The first kappa shape index (κ1) is 13.8. The highest BCUT2D eigenvalue weighted by molar-refractivity contribution is 5.69. The van der Waals surface area contributed by atoms with E-state index in [1.165, 1.54) is 24.1 Å². The van der Waals surface area contributed by atoms with Crippen LogP contribution in [0.1, 0.15) is 50.8 Å². The second-order valence-corrected chi connectivity index (χ2v) is 6.95. The summed E-state index contributed by atoms with van der Waals surface area (Å²) in [6.45, 7) is 11.1. The Labute approximate surface area is 132 Å². The zero-order valence-electron chi connectivity index (χ0n) is 13.9. The molecule has 0 amide bonds. The Balaban J connectivity index is 1.83. The van der Waals surface area contributed by atoms with Crippen LogP contribution >= 0.6 is 0 Å². The van der Waals surface area contributed by atoms with Crippen LogP contribution in [-0.4, -0.2) is 9.36 Å². The van der Waals surface area contributed by atoms with Gasteiger partial charge in [-0.3, -0.25) is 0 Å². The number of aryl methyl sites for hydroxylation is 3. The molecule has 2 aromatic rings. The molecule has 0 fully saturated rings. The molecule has 2 aliphatic rings. The van der Waals surface area contributed by atoms with Crippen molar-refractivity contribution in [2.45, 2.75) is 65.7 Å². The van der Waals surface area contributed by atoms with Crippen molar-refractivity contribution in [3.63, 3.8) is 0 Å². The normalized spacial score (nSPS) is 20.7. The predicted octanol–water partition coefficient (Wildman–Crippen LogP) is 2.27. The lowest BCUT2D eigenvalue weighted by atomic mass is 9.83. The number of aromatic nitrogens is 4. The van der Waals surface area contributed by atoms with Crippen LogP contribution in [-0.2, 0) is 26.2 Å². The van der Waals surface area contributed by atoms with E-state index in [1.54, 1.807) is 11.1 Å². The Hall–Kier alpha value is -1.84. The Morgan fingerprint density at radius 1 is 1.18 bits per heavy atom. The molecule has 2 aromatic heterocycles. The van der Waals surface area contributed by atoms with Crippen LogP contribution in [0.4, 0.5) is 0 Å². The molecule has 0 radical (unpaired) electrons. The van der Waals surface area contributed by atoms with Gasteiger partial charge in [-0.15, -0.1) is 14.0 Å². The molecule has 0 unspecified atom stereocenters. The van der Waals surface area contributed by atoms with Crippen molar-refractivity contribution in [2.75, 3.05) is 0 Å². The van der Waals surface area contributed by atoms with Gasteiger partial charge in [-0.2, -0.15) is 4.68 Å². The Bertz CT molecular complexity index is 743. The molecule has 0 N–H and O–H groups in total. The van der Waals surface area contributed by atoms with Crippen molar-refractivity contribution < 1.29 is 9.36 Å². The first-order valence-electron chi connectivity index (χ1n) is 8.50. The summed E-state index contributed by atoms with van der Waals surface area (Å²) in [4.78, 5) is 0. The van der Waals surface area contributed by atoms with Crippen LogP contribution in [0.5, 0.6) is 0 Å². The van der Waals surface area contributed by atoms with Crippen molar-refractivity contribution in [3.8, 4) is 0 Å². The average molecular weight is 298 g/mol. The molecule has 4 rings (SSSR count). The topological polar surface area (TPSA) is 17.6 Å². The lowest BCUT2D eigenvalue weighted by molar-refractivity contribution is -0.825. The van der Waals surface area contributed by atoms with Gasteiger partial charge in [0.05, 0.1) is 11.8 Å². The number of allylic oxidation sites excluding steroid dienone is 2. The van der Waals surface area contributed by atoms with Crippen LogP contribution in [0.25, 0.3) is 5.57 Å². The van der Waals surface area contributed by atoms with Crippen molar-refractivity contribution in [1.29, 1.82) is 0 Å². The Morgan fingerprint density at radius 2 is 2.00 bits per heavy atom. The van der Waals surface area contributed by atoms with Crippen molar-refractivity contribution >= 4 is 5.57 Å². The summed E-state index contributed by atoms with van der Waals surface area (Å²) in [6.07, 6.45) is 9.30. The maximum atomic E-state index is 2.54. The second kappa shape index (κ2) is 5.11. The van der Waals surface area contributed by atoms with Gasteiger partial charge in [0, 0.05) is 6.07 Å². The predicted molar refractivity (Wildman–Crippen MR) is 85.2 cm³/mol. The van der Waals surface area contributed by atoms with Crippen LogP contribution in [0.3, 0.4) is 0 Å². The number of hydrogen-bond donors (Lipinski definition) is 0. The first-order valence-corrected chi connectivity index (χ1v) is 8.50. The maximum Gasteiger partial charge on any atom is 0.199 e. The highest BCUT2D eigenvalue weighted by atomic mass is 15.5. The van der Waals surface area contributed by atoms with Gasteiger partial charge >= 0.3 is 0 Å². The lowest BCUT2D eigenvalue weighted by Crippen LogP contribution is -2.54. The van der Waals surface area contributed by atoms with E-state index in [0.717, 1.165) is 26.2 Å². The molecule has 0 aromatic carbocycles. The summed E-state index contributed by atoms with van der Waals surface area (Å²) in [7, 11) is 0. The van der Waals surface area contributed by atoms with E-state index in [-0.39, 0.29) is 0 Å². The van der Waals surface area contributed by atoms with Crippen LogP contribution in [0, 0.1) is 0 Å². The fourth-order valence-electron chi connectivity index (χ4n) is 4.02. The lowest BCUT2D eigenvalue weighted by Gasteiger charge is -2.21. The summed E-state index contributed by atoms with van der Waals surface area (Å²) in [6, 6.07) is 2.14. The molecule has 1 aliphatic heterocycles. The van der Waals surface area contributed by atoms with E-state index < -0.39 is 0 Å². The van der Waals surface area contributed by atoms with Crippen LogP contribution in [0.2, 0.25) is 0 Å². The average Bonchev–Trinajstić information content (AvgIpc) is 3.05. The fourth-order valence-corrected chi connectivity index (χ4v) is 4.02. The SMILES string of the molecule is CC(C)=C1CC[C@H](C)c2c[n+]3n(c21)CC[n+]1cccn1CC3. The standard InChI is InChI=1S/C18H26N4/c1-14(2)16-6-5-15(3)17-13-21-10-9-19-7-4-8-20(19)11-12-22(21)18(16)17/h4,7-8,13,15H,5-6,9-12H2,1-3H3/q+2/t15-/m0/s1. The number of rotatable bonds is 0. The van der Waals surface area contributed by atoms with Crippen LogP contribution in [0.15, 0.2) is 30.2 Å². The van der Waals surface area contributed by atoms with E-state index >= 15 is 0 Å². The fraction of sp³-hybridized carbons (Fsp3) is 0.556. The van der Waals surface area contributed by atoms with Gasteiger partial charge in [0.1, 0.15) is 18.8 Å². The molecule has 3 heterocycles. The smallest absolute Gasteiger partial charge is 0.154 e. The molecule has 1 atom stereocenters. The molecule has 0 spiro atoms. The van der Waals surface area contributed by atoms with Crippen molar-refractivity contribution in [3.05, 3.63) is 41.5 Å². The maximum absolute atomic E-state index is 2.54. The minimum absolute atomic E-state index is 0.679. The largest absolute Gasteiger partial charge is 0.199 e. The monoisotopic (exact) mass is 298 g/mol. The summed E-state index contributed by atoms with van der Waals surface area (Å²) in [5.41, 5.74) is 6.12. The molecule has 1 aliphatic carbocycles. The van der Waals surface area contributed by atoms with E-state index in [1.807, 2.05) is 0 Å². The molecular formula is C18H26N4+2. The van der Waals surface area contributed by atoms with Crippen molar-refractivity contribution in [2.24, 2.45) is 0 Å². The number of hydrogen-bond acceptors (Lipinski definition) is 0. The van der Waals surface area contributed by atoms with Gasteiger partial charge in [0.25, 0.3) is 0 Å². The van der Waals surface area contributed by atoms with E-state index in [2.05, 4.69) is 64.2 Å². The van der Waals surface area contributed by atoms with E-state index in [0.29, 0.717) is 5.92 Å². The Kier molecular flexibility index (Phi) is 3.21. The number of nitrogens with zero attached hydrogens (tertiary/aromatic N) is 4. The summed E-state index contributed by atoms with van der Waals surface area (Å²) < 4.78 is 9.66. The zero-order chi connectivity index (χ0) is 15.3. The molecule has 4 nitrogen and oxygen atoms in total. The molecule has 4 heteroatoms. The highest BCUT2D eigenvalue weighted by Gasteiger charge is 2.33. The van der Waals surface area contributed by atoms with Gasteiger partial charge in [-0.25, -0.2) is 0 Å². The van der Waals surface area contributed by atoms with Crippen molar-refractivity contribution in [1.82, 2.24) is 9.36 Å². The third-order valence-corrected chi connectivity index (χ3v) is 5.32. The highest BCUT2D eigenvalue weighted by Crippen LogP contribution is 2.39. The second-order valence-electron chi connectivity index (χ2n) is 6.95. The van der Waals surface area contributed by atoms with E-state index in [4.69, 9.17) is 0 Å². The minimum atomic E-state index is 0.679. The zero-order valence-corrected chi connectivity index (χ0v) is 13.9. The van der Waals surface area contributed by atoms with Gasteiger partial charge < -0.3 is 0 Å². The third kappa shape index (κ3) is 2.04. The molecule has 0 saturated heterocycles. The molecular weight excluding hydrogens is 272 g/mol. The minimum Gasteiger partial charge on any atom is -0.154 e. The van der Waals surface area contributed by atoms with E-state index in [9.17, 15) is 0 Å². The van der Waals surface area contributed by atoms with Gasteiger partial charge in [-0.05, 0) is 38.2 Å². The molecule has 116 valence electrons. The van der Waals surface area contributed by atoms with Gasteiger partial charge in [-0.1, -0.05) is 12.5 Å². The molecule has 22 heavy (non-hydrogen) atoms.